The van der Waals surface area contributed by atoms with Gasteiger partial charge in [-0.05, 0) is 39.0 Å². The van der Waals surface area contributed by atoms with Crippen LogP contribution in [0.3, 0.4) is 0 Å². The first-order chi connectivity index (χ1) is 9.37. The second kappa shape index (κ2) is 7.81. The lowest BCUT2D eigenvalue weighted by atomic mass is 10.1. The highest BCUT2D eigenvalue weighted by molar-refractivity contribution is 9.10. The Bertz CT molecular complexity index is 513. The van der Waals surface area contributed by atoms with Gasteiger partial charge in [-0.25, -0.2) is 4.79 Å². The van der Waals surface area contributed by atoms with Gasteiger partial charge in [-0.1, -0.05) is 33.8 Å². The van der Waals surface area contributed by atoms with E-state index in [2.05, 4.69) is 38.4 Å². The summed E-state index contributed by atoms with van der Waals surface area (Å²) in [7, 11) is 0. The topological polar surface area (TPSA) is 50.4 Å². The Hall–Kier alpha value is -1.67. The van der Waals surface area contributed by atoms with Gasteiger partial charge < -0.3 is 15.4 Å². The fraction of sp³-hybridized carbons (Fsp3) is 0.400. The maximum Gasteiger partial charge on any atom is 0.315 e. The molecule has 0 aliphatic carbocycles. The van der Waals surface area contributed by atoms with Crippen LogP contribution in [0.15, 0.2) is 28.7 Å². The van der Waals surface area contributed by atoms with Crippen LogP contribution in [0.1, 0.15) is 20.8 Å². The molecule has 0 aromatic heterocycles. The zero-order valence-electron chi connectivity index (χ0n) is 11.9. The molecule has 2 N–H and O–H groups in total. The Morgan fingerprint density at radius 1 is 1.35 bits per heavy atom. The highest BCUT2D eigenvalue weighted by Gasteiger charge is 2.12. The number of carbonyl (C=O) groups excluding carboxylic acids is 1. The number of halogens is 1. The van der Waals surface area contributed by atoms with Gasteiger partial charge in [0.05, 0.1) is 6.54 Å². The van der Waals surface area contributed by atoms with E-state index in [4.69, 9.17) is 4.74 Å². The summed E-state index contributed by atoms with van der Waals surface area (Å²) in [6.07, 6.45) is 0. The molecule has 0 saturated carbocycles. The van der Waals surface area contributed by atoms with E-state index in [0.29, 0.717) is 13.2 Å². The third-order valence-electron chi connectivity index (χ3n) is 2.06. The molecule has 0 saturated heterocycles. The lowest BCUT2D eigenvalue weighted by molar-refractivity contribution is 0.233. The fourth-order valence-corrected chi connectivity index (χ4v) is 1.68. The van der Waals surface area contributed by atoms with Crippen molar-refractivity contribution >= 4 is 22.0 Å². The molecular weight excluding hydrogens is 320 g/mol. The standard InChI is InChI=1S/C15H19BrN2O2/c1-15(2,3)18-14(19)17-9-4-5-10-20-13-8-6-7-12(16)11-13/h6-8,11H,9-10H2,1-3H3,(H2,17,18,19). The van der Waals surface area contributed by atoms with Crippen LogP contribution in [-0.4, -0.2) is 24.7 Å². The number of hydrogen-bond acceptors (Lipinski definition) is 2. The summed E-state index contributed by atoms with van der Waals surface area (Å²) in [6, 6.07) is 7.33. The molecule has 20 heavy (non-hydrogen) atoms. The lowest BCUT2D eigenvalue weighted by Gasteiger charge is -2.20. The number of benzene rings is 1. The van der Waals surface area contributed by atoms with E-state index < -0.39 is 0 Å². The molecule has 0 aliphatic rings. The molecule has 1 aromatic carbocycles. The Morgan fingerprint density at radius 2 is 2.10 bits per heavy atom. The molecule has 0 radical (unpaired) electrons. The van der Waals surface area contributed by atoms with E-state index >= 15 is 0 Å². The van der Waals surface area contributed by atoms with Crippen LogP contribution in [0.4, 0.5) is 4.79 Å². The Morgan fingerprint density at radius 3 is 2.75 bits per heavy atom. The summed E-state index contributed by atoms with van der Waals surface area (Å²) in [5.74, 6) is 6.43. The zero-order valence-corrected chi connectivity index (χ0v) is 13.5. The van der Waals surface area contributed by atoms with Crippen molar-refractivity contribution in [3.8, 4) is 17.6 Å². The van der Waals surface area contributed by atoms with E-state index in [1.807, 2.05) is 45.0 Å². The van der Waals surface area contributed by atoms with Gasteiger partial charge in [-0.3, -0.25) is 0 Å². The number of urea groups is 1. The van der Waals surface area contributed by atoms with Crippen LogP contribution in [0.5, 0.6) is 5.75 Å². The molecule has 0 fully saturated rings. The summed E-state index contributed by atoms with van der Waals surface area (Å²) in [5.41, 5.74) is -0.249. The minimum Gasteiger partial charge on any atom is -0.481 e. The van der Waals surface area contributed by atoms with Gasteiger partial charge in [-0.15, -0.1) is 0 Å². The van der Waals surface area contributed by atoms with Gasteiger partial charge in [0.25, 0.3) is 0 Å². The SMILES string of the molecule is CC(C)(C)NC(=O)NCC#CCOc1cccc(Br)c1. The van der Waals surface area contributed by atoms with Crippen molar-refractivity contribution in [1.29, 1.82) is 0 Å². The molecule has 5 heteroatoms. The van der Waals surface area contributed by atoms with Crippen molar-refractivity contribution in [3.05, 3.63) is 28.7 Å². The largest absolute Gasteiger partial charge is 0.481 e. The van der Waals surface area contributed by atoms with E-state index in [0.717, 1.165) is 10.2 Å². The summed E-state index contributed by atoms with van der Waals surface area (Å²) in [4.78, 5) is 11.4. The molecule has 0 spiro atoms. The number of hydrogen-bond donors (Lipinski definition) is 2. The molecular formula is C15H19BrN2O2. The second-order valence-electron chi connectivity index (χ2n) is 5.16. The van der Waals surface area contributed by atoms with Crippen LogP contribution in [0, 0.1) is 11.8 Å². The van der Waals surface area contributed by atoms with Crippen LogP contribution < -0.4 is 15.4 Å². The molecule has 0 atom stereocenters. The third kappa shape index (κ3) is 7.70. The number of amides is 2. The number of ether oxygens (including phenoxy) is 1. The number of nitrogens with one attached hydrogen (secondary N) is 2. The molecule has 1 rings (SSSR count). The summed E-state index contributed by atoms with van der Waals surface area (Å²) in [5, 5.41) is 5.45. The summed E-state index contributed by atoms with van der Waals surface area (Å²) >= 11 is 3.37. The highest BCUT2D eigenvalue weighted by atomic mass is 79.9. The molecule has 0 heterocycles. The molecule has 0 aliphatic heterocycles. The predicted octanol–water partition coefficient (Wildman–Crippen LogP) is 2.93. The maximum absolute atomic E-state index is 11.4. The van der Waals surface area contributed by atoms with Crippen molar-refractivity contribution in [3.63, 3.8) is 0 Å². The first-order valence-electron chi connectivity index (χ1n) is 6.27. The maximum atomic E-state index is 11.4. The van der Waals surface area contributed by atoms with Crippen molar-refractivity contribution in [1.82, 2.24) is 10.6 Å². The average Bonchev–Trinajstić information content (AvgIpc) is 2.31. The summed E-state index contributed by atoms with van der Waals surface area (Å²) in [6.45, 7) is 6.35. The molecule has 0 unspecified atom stereocenters. The van der Waals surface area contributed by atoms with E-state index in [-0.39, 0.29) is 11.6 Å². The first kappa shape index (κ1) is 16.4. The molecule has 1 aromatic rings. The second-order valence-corrected chi connectivity index (χ2v) is 6.07. The molecule has 0 bridgehead atoms. The van der Waals surface area contributed by atoms with Crippen LogP contribution in [0.25, 0.3) is 0 Å². The van der Waals surface area contributed by atoms with Crippen molar-refractivity contribution in [2.75, 3.05) is 13.2 Å². The zero-order chi connectivity index (χ0) is 15.0. The first-order valence-corrected chi connectivity index (χ1v) is 7.06. The van der Waals surface area contributed by atoms with Gasteiger partial charge in [0, 0.05) is 10.0 Å². The quantitative estimate of drug-likeness (QED) is 0.832. The minimum absolute atomic E-state index is 0.222. The van der Waals surface area contributed by atoms with Gasteiger partial charge in [0.2, 0.25) is 0 Å². The van der Waals surface area contributed by atoms with E-state index in [1.54, 1.807) is 0 Å². The molecule has 4 nitrogen and oxygen atoms in total. The van der Waals surface area contributed by atoms with Crippen molar-refractivity contribution < 1.29 is 9.53 Å². The van der Waals surface area contributed by atoms with Gasteiger partial charge in [0.1, 0.15) is 12.4 Å². The minimum atomic E-state index is -0.249. The van der Waals surface area contributed by atoms with Crippen LogP contribution in [0.2, 0.25) is 0 Å². The Kier molecular flexibility index (Phi) is 6.40. The van der Waals surface area contributed by atoms with Gasteiger partial charge in [0.15, 0.2) is 0 Å². The van der Waals surface area contributed by atoms with Gasteiger partial charge in [-0.2, -0.15) is 0 Å². The van der Waals surface area contributed by atoms with Crippen LogP contribution >= 0.6 is 15.9 Å². The summed E-state index contributed by atoms with van der Waals surface area (Å²) < 4.78 is 6.40. The smallest absolute Gasteiger partial charge is 0.315 e. The normalized spacial score (nSPS) is 10.2. The predicted molar refractivity (Wildman–Crippen MR) is 83.7 cm³/mol. The average molecular weight is 339 g/mol. The van der Waals surface area contributed by atoms with E-state index in [1.165, 1.54) is 0 Å². The molecule has 108 valence electrons. The number of carbonyl (C=O) groups is 1. The lowest BCUT2D eigenvalue weighted by Crippen LogP contribution is -2.46. The van der Waals surface area contributed by atoms with Crippen molar-refractivity contribution in [2.24, 2.45) is 0 Å². The highest BCUT2D eigenvalue weighted by Crippen LogP contribution is 2.17. The van der Waals surface area contributed by atoms with Gasteiger partial charge >= 0.3 is 6.03 Å². The number of rotatable bonds is 3. The van der Waals surface area contributed by atoms with Crippen LogP contribution in [-0.2, 0) is 0 Å². The Labute approximate surface area is 128 Å². The molecule has 2 amide bonds. The van der Waals surface area contributed by atoms with E-state index in [9.17, 15) is 4.79 Å². The fourth-order valence-electron chi connectivity index (χ4n) is 1.30. The van der Waals surface area contributed by atoms with Crippen molar-refractivity contribution in [2.45, 2.75) is 26.3 Å². The monoisotopic (exact) mass is 338 g/mol. The Balaban J connectivity index is 2.22. The third-order valence-corrected chi connectivity index (χ3v) is 2.55.